The van der Waals surface area contributed by atoms with E-state index >= 15 is 0 Å². The highest BCUT2D eigenvalue weighted by Crippen LogP contribution is 2.40. The molecule has 0 amide bonds. The molecule has 2 aromatic heterocycles. The van der Waals surface area contributed by atoms with E-state index in [4.69, 9.17) is 4.74 Å². The van der Waals surface area contributed by atoms with Crippen LogP contribution in [0.1, 0.15) is 37.0 Å². The molecule has 0 bridgehead atoms. The Hall–Kier alpha value is -2.39. The van der Waals surface area contributed by atoms with Crippen molar-refractivity contribution < 1.29 is 21.9 Å². The van der Waals surface area contributed by atoms with Crippen LogP contribution < -0.4 is 9.62 Å². The SMILES string of the molecule is Cc1nc(-c2nnc(C(F)F)s2)c2cc(S(=O)(=O)NC3(C)CC3)cc(N3CCN4CCOC[C@H]4C3)c2n1. The molecule has 3 aliphatic rings. The fraction of sp³-hybridized carbons (Fsp3) is 0.565. The Morgan fingerprint density at radius 1 is 1.19 bits per heavy atom. The van der Waals surface area contributed by atoms with Gasteiger partial charge in [0.05, 0.1) is 35.4 Å². The number of rotatable bonds is 6. The summed E-state index contributed by atoms with van der Waals surface area (Å²) in [7, 11) is -3.87. The normalized spacial score (nSPS) is 22.0. The lowest BCUT2D eigenvalue weighted by Gasteiger charge is -2.44. The lowest BCUT2D eigenvalue weighted by molar-refractivity contribution is -0.0116. The molecular weight excluding hydrogens is 524 g/mol. The number of benzene rings is 1. The summed E-state index contributed by atoms with van der Waals surface area (Å²) in [6.45, 7) is 7.92. The van der Waals surface area contributed by atoms with E-state index in [1.807, 2.05) is 6.92 Å². The Morgan fingerprint density at radius 3 is 2.73 bits per heavy atom. The number of hydrogen-bond donors (Lipinski definition) is 1. The van der Waals surface area contributed by atoms with Gasteiger partial charge in [-0.2, -0.15) is 0 Å². The Morgan fingerprint density at radius 2 is 2.00 bits per heavy atom. The number of piperazine rings is 1. The summed E-state index contributed by atoms with van der Waals surface area (Å²) in [4.78, 5) is 13.8. The summed E-state index contributed by atoms with van der Waals surface area (Å²) in [5, 5.41) is 7.78. The number of nitrogens with zero attached hydrogens (tertiary/aromatic N) is 6. The van der Waals surface area contributed by atoms with E-state index in [1.54, 1.807) is 13.0 Å². The van der Waals surface area contributed by atoms with Gasteiger partial charge in [0.15, 0.2) is 10.0 Å². The molecule has 3 aromatic rings. The zero-order valence-corrected chi connectivity index (χ0v) is 22.1. The van der Waals surface area contributed by atoms with Crippen molar-refractivity contribution in [2.45, 2.75) is 49.6 Å². The van der Waals surface area contributed by atoms with Gasteiger partial charge >= 0.3 is 0 Å². The van der Waals surface area contributed by atoms with E-state index in [-0.39, 0.29) is 15.9 Å². The molecule has 0 radical (unpaired) electrons. The number of aromatic nitrogens is 4. The number of anilines is 1. The average molecular weight is 552 g/mol. The number of alkyl halides is 2. The van der Waals surface area contributed by atoms with Crippen LogP contribution in [-0.4, -0.2) is 84.5 Å². The summed E-state index contributed by atoms with van der Waals surface area (Å²) < 4.78 is 62.0. The second kappa shape index (κ2) is 9.12. The number of morpholine rings is 1. The van der Waals surface area contributed by atoms with E-state index in [9.17, 15) is 17.2 Å². The van der Waals surface area contributed by atoms with Gasteiger partial charge in [-0.15, -0.1) is 10.2 Å². The molecule has 2 aliphatic heterocycles. The van der Waals surface area contributed by atoms with Gasteiger partial charge < -0.3 is 9.64 Å². The number of aryl methyl sites for hydroxylation is 1. The van der Waals surface area contributed by atoms with Crippen LogP contribution in [0.25, 0.3) is 21.6 Å². The van der Waals surface area contributed by atoms with Gasteiger partial charge in [0.2, 0.25) is 10.0 Å². The van der Waals surface area contributed by atoms with E-state index in [2.05, 4.69) is 34.7 Å². The van der Waals surface area contributed by atoms with E-state index in [1.165, 1.54) is 6.07 Å². The highest BCUT2D eigenvalue weighted by Gasteiger charge is 2.42. The van der Waals surface area contributed by atoms with Crippen molar-refractivity contribution in [1.29, 1.82) is 0 Å². The molecule has 14 heteroatoms. The second-order valence-electron chi connectivity index (χ2n) is 10.1. The first-order chi connectivity index (χ1) is 17.6. The third-order valence-electron chi connectivity index (χ3n) is 7.17. The molecule has 0 unspecified atom stereocenters. The van der Waals surface area contributed by atoms with Crippen molar-refractivity contribution in [3.05, 3.63) is 23.0 Å². The molecule has 0 spiro atoms. The number of ether oxygens (including phenoxy) is 1. The molecule has 3 fully saturated rings. The first-order valence-corrected chi connectivity index (χ1v) is 14.5. The number of halogens is 2. The topological polar surface area (TPSA) is 113 Å². The van der Waals surface area contributed by atoms with Crippen molar-refractivity contribution in [3.8, 4) is 10.7 Å². The number of hydrogen-bond acceptors (Lipinski definition) is 10. The molecule has 4 heterocycles. The van der Waals surface area contributed by atoms with Crippen LogP contribution in [0.15, 0.2) is 17.0 Å². The monoisotopic (exact) mass is 551 g/mol. The van der Waals surface area contributed by atoms with E-state index in [0.29, 0.717) is 54.4 Å². The maximum absolute atomic E-state index is 13.5. The van der Waals surface area contributed by atoms with Gasteiger partial charge in [-0.1, -0.05) is 11.3 Å². The van der Waals surface area contributed by atoms with Crippen molar-refractivity contribution >= 4 is 38.0 Å². The fourth-order valence-electron chi connectivity index (χ4n) is 4.92. The lowest BCUT2D eigenvalue weighted by Crippen LogP contribution is -2.58. The minimum absolute atomic E-state index is 0.0813. The van der Waals surface area contributed by atoms with Crippen LogP contribution in [0.2, 0.25) is 0 Å². The van der Waals surface area contributed by atoms with Crippen LogP contribution in [0.4, 0.5) is 14.5 Å². The van der Waals surface area contributed by atoms with E-state index in [0.717, 1.165) is 37.3 Å². The molecule has 10 nitrogen and oxygen atoms in total. The molecule has 1 N–H and O–H groups in total. The van der Waals surface area contributed by atoms with Crippen LogP contribution in [-0.2, 0) is 14.8 Å². The Labute approximate surface area is 217 Å². The van der Waals surface area contributed by atoms with E-state index < -0.39 is 27.0 Å². The number of fused-ring (bicyclic) bond motifs is 2. The zero-order valence-electron chi connectivity index (χ0n) is 20.4. The predicted molar refractivity (Wildman–Crippen MR) is 134 cm³/mol. The third-order valence-corrected chi connectivity index (χ3v) is 9.72. The summed E-state index contributed by atoms with van der Waals surface area (Å²) in [6, 6.07) is 3.36. The number of nitrogens with one attached hydrogen (secondary N) is 1. The van der Waals surface area contributed by atoms with Crippen LogP contribution in [0, 0.1) is 6.92 Å². The predicted octanol–water partition coefficient (Wildman–Crippen LogP) is 2.75. The smallest absolute Gasteiger partial charge is 0.291 e. The maximum atomic E-state index is 13.5. The zero-order chi connectivity index (χ0) is 25.9. The second-order valence-corrected chi connectivity index (χ2v) is 12.8. The van der Waals surface area contributed by atoms with Crippen molar-refractivity contribution in [2.24, 2.45) is 0 Å². The van der Waals surface area contributed by atoms with Crippen LogP contribution in [0.5, 0.6) is 0 Å². The molecule has 37 heavy (non-hydrogen) atoms. The third kappa shape index (κ3) is 4.80. The summed E-state index contributed by atoms with van der Waals surface area (Å²) >= 11 is 0.743. The van der Waals surface area contributed by atoms with Gasteiger partial charge in [0.25, 0.3) is 6.43 Å². The molecule has 2 saturated heterocycles. The summed E-state index contributed by atoms with van der Waals surface area (Å²) in [5.41, 5.74) is 1.05. The first-order valence-electron chi connectivity index (χ1n) is 12.2. The van der Waals surface area contributed by atoms with Gasteiger partial charge in [0, 0.05) is 37.1 Å². The molecule has 6 rings (SSSR count). The first kappa shape index (κ1) is 24.9. The van der Waals surface area contributed by atoms with Gasteiger partial charge in [-0.05, 0) is 38.8 Å². The van der Waals surface area contributed by atoms with Crippen molar-refractivity contribution in [1.82, 2.24) is 29.8 Å². The molecule has 1 aliphatic carbocycles. The van der Waals surface area contributed by atoms with Gasteiger partial charge in [-0.3, -0.25) is 4.90 Å². The minimum atomic E-state index is -3.87. The molecule has 1 atom stereocenters. The highest BCUT2D eigenvalue weighted by molar-refractivity contribution is 7.89. The highest BCUT2D eigenvalue weighted by atomic mass is 32.2. The Balaban J connectivity index is 1.52. The molecule has 1 saturated carbocycles. The standard InChI is InChI=1S/C23H27F2N7O3S2/c1-13-26-18-16(19(27-13)21-28-29-22(36-21)20(24)25)9-15(37(33,34)30-23(2)3-4-23)10-17(18)32-6-5-31-7-8-35-12-14(31)11-32/h9-10,14,20,30H,3-8,11-12H2,1-2H3/t14-/m1/s1. The average Bonchev–Trinajstić information content (AvgIpc) is 3.37. The van der Waals surface area contributed by atoms with Crippen molar-refractivity contribution in [2.75, 3.05) is 44.3 Å². The van der Waals surface area contributed by atoms with Gasteiger partial charge in [0.1, 0.15) is 11.5 Å². The summed E-state index contributed by atoms with van der Waals surface area (Å²) in [6.07, 6.45) is -1.22. The van der Waals surface area contributed by atoms with Crippen LogP contribution in [0.3, 0.4) is 0 Å². The number of sulfonamides is 1. The van der Waals surface area contributed by atoms with Crippen LogP contribution >= 0.6 is 11.3 Å². The quantitative estimate of drug-likeness (QED) is 0.494. The fourth-order valence-corrected chi connectivity index (χ4v) is 7.13. The molecular formula is C23H27F2N7O3S2. The maximum Gasteiger partial charge on any atom is 0.291 e. The largest absolute Gasteiger partial charge is 0.378 e. The summed E-state index contributed by atoms with van der Waals surface area (Å²) in [5.74, 6) is 0.427. The Kier molecular flexibility index (Phi) is 6.14. The van der Waals surface area contributed by atoms with Gasteiger partial charge in [-0.25, -0.2) is 31.9 Å². The molecule has 1 aromatic carbocycles. The molecule has 198 valence electrons. The minimum Gasteiger partial charge on any atom is -0.378 e. The van der Waals surface area contributed by atoms with Crippen molar-refractivity contribution in [3.63, 3.8) is 0 Å². The Bertz CT molecular complexity index is 1460. The lowest BCUT2D eigenvalue weighted by atomic mass is 10.1.